The summed E-state index contributed by atoms with van der Waals surface area (Å²) in [7, 11) is 0. The van der Waals surface area contributed by atoms with Crippen LogP contribution >= 0.6 is 11.3 Å². The molecule has 0 saturated carbocycles. The van der Waals surface area contributed by atoms with Crippen molar-refractivity contribution in [3.63, 3.8) is 0 Å². The molecule has 1 aliphatic carbocycles. The van der Waals surface area contributed by atoms with E-state index < -0.39 is 0 Å². The lowest BCUT2D eigenvalue weighted by atomic mass is 9.92. The second-order valence-electron chi connectivity index (χ2n) is 14.1. The Hall–Kier alpha value is -6.74. The summed E-state index contributed by atoms with van der Waals surface area (Å²) >= 11 is 1.86. The molecule has 1 aliphatic rings. The first-order chi connectivity index (χ1) is 27.3. The van der Waals surface area contributed by atoms with Crippen molar-refractivity contribution in [3.05, 3.63) is 229 Å². The van der Waals surface area contributed by atoms with Gasteiger partial charge in [-0.3, -0.25) is 0 Å². The Kier molecular flexibility index (Phi) is 8.51. The SMILES string of the molecule is C1=C(c2ccc(N(c3ccc(-c4cccc5ccccc45)cc3)c3ccc4sc5ccccc5c4c3)cc2)CC=C(c2ccccc2)C(c2ccccc2)=C1. The van der Waals surface area contributed by atoms with Gasteiger partial charge in [-0.25, -0.2) is 0 Å². The molecule has 0 N–H and O–H groups in total. The van der Waals surface area contributed by atoms with E-state index in [9.17, 15) is 0 Å². The van der Waals surface area contributed by atoms with Gasteiger partial charge in [0, 0.05) is 37.2 Å². The van der Waals surface area contributed by atoms with Crippen molar-refractivity contribution in [3.8, 4) is 11.1 Å². The summed E-state index contributed by atoms with van der Waals surface area (Å²) in [6.45, 7) is 0. The van der Waals surface area contributed by atoms with Crippen LogP contribution in [0.5, 0.6) is 0 Å². The lowest BCUT2D eigenvalue weighted by molar-refractivity contribution is 1.28. The molecule has 0 radical (unpaired) electrons. The zero-order valence-corrected chi connectivity index (χ0v) is 31.1. The van der Waals surface area contributed by atoms with Crippen LogP contribution in [0.15, 0.2) is 212 Å². The van der Waals surface area contributed by atoms with Crippen LogP contribution in [0.1, 0.15) is 23.1 Å². The molecular formula is C53H37NS. The Morgan fingerprint density at radius 1 is 0.382 bits per heavy atom. The molecule has 8 aromatic carbocycles. The largest absolute Gasteiger partial charge is 0.310 e. The summed E-state index contributed by atoms with van der Waals surface area (Å²) in [5, 5.41) is 5.11. The van der Waals surface area contributed by atoms with Crippen molar-refractivity contribution in [2.24, 2.45) is 0 Å². The molecule has 1 nitrogen and oxygen atoms in total. The van der Waals surface area contributed by atoms with Crippen molar-refractivity contribution in [1.29, 1.82) is 0 Å². The Labute approximate surface area is 326 Å². The summed E-state index contributed by atoms with van der Waals surface area (Å²) in [6.07, 6.45) is 7.85. The molecule has 0 amide bonds. The van der Waals surface area contributed by atoms with Crippen molar-refractivity contribution < 1.29 is 0 Å². The van der Waals surface area contributed by atoms with E-state index >= 15 is 0 Å². The quantitative estimate of drug-likeness (QED) is 0.159. The molecule has 1 aromatic heterocycles. The normalized spacial score (nSPS) is 13.0. The van der Waals surface area contributed by atoms with E-state index in [1.165, 1.54) is 75.5 Å². The van der Waals surface area contributed by atoms with Crippen LogP contribution in [0.2, 0.25) is 0 Å². The monoisotopic (exact) mass is 719 g/mol. The summed E-state index contributed by atoms with van der Waals surface area (Å²) in [5.74, 6) is 0. The molecule has 0 unspecified atom stereocenters. The highest BCUT2D eigenvalue weighted by Gasteiger charge is 2.18. The first-order valence-electron chi connectivity index (χ1n) is 18.9. The van der Waals surface area contributed by atoms with E-state index in [0.717, 1.165) is 23.5 Å². The molecule has 0 aliphatic heterocycles. The van der Waals surface area contributed by atoms with E-state index in [2.05, 4.69) is 217 Å². The maximum Gasteiger partial charge on any atom is 0.0468 e. The predicted molar refractivity (Wildman–Crippen MR) is 238 cm³/mol. The average Bonchev–Trinajstić information content (AvgIpc) is 3.48. The number of allylic oxidation sites excluding steroid dienone is 6. The fraction of sp³-hybridized carbons (Fsp3) is 0.0189. The van der Waals surface area contributed by atoms with Crippen LogP contribution in [0, 0.1) is 0 Å². The Morgan fingerprint density at radius 2 is 0.964 bits per heavy atom. The van der Waals surface area contributed by atoms with Gasteiger partial charge in [0.2, 0.25) is 0 Å². The smallest absolute Gasteiger partial charge is 0.0468 e. The number of thiophene rings is 1. The number of nitrogens with zero attached hydrogens (tertiary/aromatic N) is 1. The van der Waals surface area contributed by atoms with Gasteiger partial charge in [0.05, 0.1) is 0 Å². The van der Waals surface area contributed by atoms with Gasteiger partial charge >= 0.3 is 0 Å². The van der Waals surface area contributed by atoms with Crippen LogP contribution in [0.3, 0.4) is 0 Å². The van der Waals surface area contributed by atoms with Crippen LogP contribution in [-0.2, 0) is 0 Å². The first-order valence-corrected chi connectivity index (χ1v) is 19.7. The van der Waals surface area contributed by atoms with Gasteiger partial charge in [0.25, 0.3) is 0 Å². The van der Waals surface area contributed by atoms with E-state index in [0.29, 0.717) is 0 Å². The fourth-order valence-corrected chi connectivity index (χ4v) is 9.12. The topological polar surface area (TPSA) is 3.24 Å². The van der Waals surface area contributed by atoms with Crippen molar-refractivity contribution in [2.45, 2.75) is 6.42 Å². The van der Waals surface area contributed by atoms with E-state index in [1.54, 1.807) is 0 Å². The predicted octanol–water partition coefficient (Wildman–Crippen LogP) is 15.3. The molecule has 260 valence electrons. The molecule has 10 rings (SSSR count). The third kappa shape index (κ3) is 6.27. The average molecular weight is 720 g/mol. The molecule has 0 saturated heterocycles. The lowest BCUT2D eigenvalue weighted by Crippen LogP contribution is -2.09. The van der Waals surface area contributed by atoms with Gasteiger partial charge in [-0.1, -0.05) is 164 Å². The molecule has 0 atom stereocenters. The Bertz CT molecular complexity index is 2910. The van der Waals surface area contributed by atoms with Gasteiger partial charge < -0.3 is 4.90 Å². The maximum absolute atomic E-state index is 2.39. The van der Waals surface area contributed by atoms with E-state index in [1.807, 2.05) is 11.3 Å². The molecule has 0 fully saturated rings. The first kappa shape index (κ1) is 32.9. The highest BCUT2D eigenvalue weighted by atomic mass is 32.1. The van der Waals surface area contributed by atoms with Crippen LogP contribution in [0.4, 0.5) is 17.1 Å². The number of hydrogen-bond acceptors (Lipinski definition) is 2. The Morgan fingerprint density at radius 3 is 1.71 bits per heavy atom. The third-order valence-corrected chi connectivity index (χ3v) is 11.9. The molecule has 9 aromatic rings. The van der Waals surface area contributed by atoms with Crippen molar-refractivity contribution in [2.75, 3.05) is 4.90 Å². The van der Waals surface area contributed by atoms with Gasteiger partial charge in [0.1, 0.15) is 0 Å². The molecule has 0 spiro atoms. The van der Waals surface area contributed by atoms with Crippen LogP contribution in [0.25, 0.3) is 58.8 Å². The van der Waals surface area contributed by atoms with Crippen molar-refractivity contribution >= 4 is 76.1 Å². The molecule has 55 heavy (non-hydrogen) atoms. The molecular weight excluding hydrogens is 683 g/mol. The second-order valence-corrected chi connectivity index (χ2v) is 15.1. The minimum Gasteiger partial charge on any atom is -0.310 e. The highest BCUT2D eigenvalue weighted by molar-refractivity contribution is 7.25. The molecule has 1 heterocycles. The molecule has 0 bridgehead atoms. The second kappa shape index (κ2) is 14.2. The highest BCUT2D eigenvalue weighted by Crippen LogP contribution is 2.42. The van der Waals surface area contributed by atoms with Crippen LogP contribution in [-0.4, -0.2) is 0 Å². The number of rotatable bonds is 7. The zero-order chi connectivity index (χ0) is 36.6. The van der Waals surface area contributed by atoms with E-state index in [-0.39, 0.29) is 0 Å². The van der Waals surface area contributed by atoms with Crippen LogP contribution < -0.4 is 4.90 Å². The van der Waals surface area contributed by atoms with Gasteiger partial charge in [-0.05, 0) is 110 Å². The van der Waals surface area contributed by atoms with Gasteiger partial charge in [0.15, 0.2) is 0 Å². The minimum atomic E-state index is 0.845. The summed E-state index contributed by atoms with van der Waals surface area (Å²) in [6, 6.07) is 70.5. The van der Waals surface area contributed by atoms with Crippen molar-refractivity contribution in [1.82, 2.24) is 0 Å². The zero-order valence-electron chi connectivity index (χ0n) is 30.3. The third-order valence-electron chi connectivity index (χ3n) is 10.8. The number of anilines is 3. The maximum atomic E-state index is 2.39. The summed E-state index contributed by atoms with van der Waals surface area (Å²) < 4.78 is 2.62. The molecule has 2 heteroatoms. The number of fused-ring (bicyclic) bond motifs is 4. The summed E-state index contributed by atoms with van der Waals surface area (Å²) in [4.78, 5) is 2.39. The van der Waals surface area contributed by atoms with Gasteiger partial charge in [-0.2, -0.15) is 0 Å². The number of benzene rings is 8. The standard InChI is InChI=1S/C53H37NS/c1-3-12-39(13-4-1)48-33-26-38(27-34-49(48)40-14-5-2-6-15-40)37-22-28-43(29-23-37)54(45-32-35-53-51(36-45)50-19-9-10-21-52(50)55-53)44-30-24-42(25-31-44)47-20-11-17-41-16-7-8-18-46(41)47/h1-26,28-36H,27H2. The lowest BCUT2D eigenvalue weighted by Gasteiger charge is -2.26. The fourth-order valence-electron chi connectivity index (χ4n) is 8.03. The van der Waals surface area contributed by atoms with E-state index in [4.69, 9.17) is 0 Å². The Balaban J connectivity index is 1.05. The minimum absolute atomic E-state index is 0.845. The number of hydrogen-bond donors (Lipinski definition) is 0. The van der Waals surface area contributed by atoms with Gasteiger partial charge in [-0.15, -0.1) is 11.3 Å². The summed E-state index contributed by atoms with van der Waals surface area (Å²) in [5.41, 5.74) is 13.3.